The van der Waals surface area contributed by atoms with Crippen molar-refractivity contribution in [1.29, 1.82) is 0 Å². The van der Waals surface area contributed by atoms with Crippen LogP contribution in [-0.4, -0.2) is 37.1 Å². The zero-order valence-electron chi connectivity index (χ0n) is 11.8. The Morgan fingerprint density at radius 1 is 1.12 bits per heavy atom. The molecule has 2 saturated carbocycles. The van der Waals surface area contributed by atoms with Crippen LogP contribution in [0.1, 0.15) is 58.3 Å². The van der Waals surface area contributed by atoms with Gasteiger partial charge in [-0.05, 0) is 51.6 Å². The minimum Gasteiger partial charge on any atom is -0.315 e. The first-order valence-electron chi connectivity index (χ1n) is 7.76. The van der Waals surface area contributed by atoms with Gasteiger partial charge in [-0.1, -0.05) is 26.2 Å². The summed E-state index contributed by atoms with van der Waals surface area (Å²) in [4.78, 5) is 2.75. The Bertz CT molecular complexity index is 207. The molecule has 1 unspecified atom stereocenters. The van der Waals surface area contributed by atoms with Crippen LogP contribution in [0, 0.1) is 5.92 Å². The molecule has 2 nitrogen and oxygen atoms in total. The third-order valence-electron chi connectivity index (χ3n) is 4.59. The van der Waals surface area contributed by atoms with E-state index in [0.717, 1.165) is 18.0 Å². The van der Waals surface area contributed by atoms with Gasteiger partial charge in [0.15, 0.2) is 0 Å². The molecule has 2 aliphatic carbocycles. The van der Waals surface area contributed by atoms with E-state index in [0.29, 0.717) is 0 Å². The number of nitrogens with one attached hydrogen (secondary N) is 1. The summed E-state index contributed by atoms with van der Waals surface area (Å²) >= 11 is 0. The lowest BCUT2D eigenvalue weighted by atomic mass is 9.83. The summed E-state index contributed by atoms with van der Waals surface area (Å²) in [5.74, 6) is 0.937. The van der Waals surface area contributed by atoms with Gasteiger partial charge in [-0.3, -0.25) is 4.90 Å². The molecule has 0 aromatic rings. The predicted octanol–water partition coefficient (Wildman–Crippen LogP) is 3.03. The summed E-state index contributed by atoms with van der Waals surface area (Å²) < 4.78 is 0. The van der Waals surface area contributed by atoms with Gasteiger partial charge in [0, 0.05) is 18.6 Å². The van der Waals surface area contributed by atoms with Crippen molar-refractivity contribution in [2.24, 2.45) is 5.92 Å². The van der Waals surface area contributed by atoms with Gasteiger partial charge < -0.3 is 5.32 Å². The monoisotopic (exact) mass is 238 g/mol. The predicted molar refractivity (Wildman–Crippen MR) is 74.3 cm³/mol. The highest BCUT2D eigenvalue weighted by molar-refractivity contribution is 4.89. The molecule has 0 spiro atoms. The first kappa shape index (κ1) is 13.4. The summed E-state index contributed by atoms with van der Waals surface area (Å²) in [5, 5.41) is 3.60. The van der Waals surface area contributed by atoms with E-state index in [1.165, 1.54) is 64.5 Å². The average Bonchev–Trinajstić information content (AvgIpc) is 3.20. The molecule has 2 fully saturated rings. The van der Waals surface area contributed by atoms with Gasteiger partial charge in [0.1, 0.15) is 0 Å². The first-order valence-corrected chi connectivity index (χ1v) is 7.76. The van der Waals surface area contributed by atoms with Gasteiger partial charge in [-0.15, -0.1) is 0 Å². The average molecular weight is 238 g/mol. The molecule has 0 radical (unpaired) electrons. The highest BCUT2D eigenvalue weighted by Gasteiger charge is 2.32. The Labute approximate surface area is 107 Å². The molecule has 100 valence electrons. The highest BCUT2D eigenvalue weighted by atomic mass is 15.2. The molecule has 17 heavy (non-hydrogen) atoms. The molecule has 1 atom stereocenters. The van der Waals surface area contributed by atoms with E-state index >= 15 is 0 Å². The normalized spacial score (nSPS) is 24.2. The molecule has 0 aromatic heterocycles. The van der Waals surface area contributed by atoms with E-state index in [9.17, 15) is 0 Å². The lowest BCUT2D eigenvalue weighted by molar-refractivity contribution is 0.182. The van der Waals surface area contributed by atoms with E-state index in [2.05, 4.69) is 24.2 Å². The molecule has 2 aliphatic rings. The zero-order valence-corrected chi connectivity index (χ0v) is 11.8. The Morgan fingerprint density at radius 2 is 1.82 bits per heavy atom. The van der Waals surface area contributed by atoms with E-state index in [1.54, 1.807) is 0 Å². The van der Waals surface area contributed by atoms with Gasteiger partial charge in [0.2, 0.25) is 0 Å². The number of nitrogens with zero attached hydrogens (tertiary/aromatic N) is 1. The molecule has 0 amide bonds. The van der Waals surface area contributed by atoms with Crippen molar-refractivity contribution in [2.75, 3.05) is 20.1 Å². The minimum atomic E-state index is 0.738. The summed E-state index contributed by atoms with van der Waals surface area (Å²) in [6, 6.07) is 1.66. The second-order valence-corrected chi connectivity index (χ2v) is 6.02. The van der Waals surface area contributed by atoms with Crippen molar-refractivity contribution in [3.8, 4) is 0 Å². The molecule has 0 bridgehead atoms. The molecule has 0 aliphatic heterocycles. The van der Waals surface area contributed by atoms with Gasteiger partial charge in [-0.2, -0.15) is 0 Å². The molecule has 0 heterocycles. The number of likely N-dealkylation sites (N-methyl/N-ethyl adjacent to an activating group) is 1. The van der Waals surface area contributed by atoms with Crippen molar-refractivity contribution < 1.29 is 0 Å². The third kappa shape index (κ3) is 3.96. The second-order valence-electron chi connectivity index (χ2n) is 6.02. The lowest BCUT2D eigenvalue weighted by Gasteiger charge is -2.34. The van der Waals surface area contributed by atoms with Gasteiger partial charge >= 0.3 is 0 Å². The maximum atomic E-state index is 3.60. The number of hydrogen-bond donors (Lipinski definition) is 1. The molecule has 2 heteroatoms. The summed E-state index contributed by atoms with van der Waals surface area (Å²) in [6.45, 7) is 4.90. The Kier molecular flexibility index (Phi) is 5.30. The molecular formula is C15H30N2. The molecule has 2 rings (SSSR count). The van der Waals surface area contributed by atoms with Crippen LogP contribution < -0.4 is 5.32 Å². The first-order chi connectivity index (χ1) is 8.35. The van der Waals surface area contributed by atoms with Crippen LogP contribution in [0.3, 0.4) is 0 Å². The maximum absolute atomic E-state index is 3.60. The van der Waals surface area contributed by atoms with Crippen LogP contribution in [0.5, 0.6) is 0 Å². The quantitative estimate of drug-likeness (QED) is 0.733. The van der Waals surface area contributed by atoms with Crippen LogP contribution in [0.2, 0.25) is 0 Å². The van der Waals surface area contributed by atoms with Crippen LogP contribution in [-0.2, 0) is 0 Å². The van der Waals surface area contributed by atoms with Crippen LogP contribution >= 0.6 is 0 Å². The zero-order chi connectivity index (χ0) is 12.1. The second kappa shape index (κ2) is 6.75. The van der Waals surface area contributed by atoms with E-state index in [4.69, 9.17) is 0 Å². The summed E-state index contributed by atoms with van der Waals surface area (Å²) in [6.07, 6.45) is 11.5. The lowest BCUT2D eigenvalue weighted by Crippen LogP contribution is -2.45. The third-order valence-corrected chi connectivity index (χ3v) is 4.59. The maximum Gasteiger partial charge on any atom is 0.0220 e. The summed E-state index contributed by atoms with van der Waals surface area (Å²) in [5.41, 5.74) is 0. The van der Waals surface area contributed by atoms with Crippen molar-refractivity contribution in [3.63, 3.8) is 0 Å². The Morgan fingerprint density at radius 3 is 2.35 bits per heavy atom. The largest absolute Gasteiger partial charge is 0.315 e. The standard InChI is InChI=1S/C15H30N2/c1-3-11-17(14-9-10-14)12-15(16-2)13-7-5-4-6-8-13/h13-16H,3-12H2,1-2H3. The topological polar surface area (TPSA) is 15.3 Å². The van der Waals surface area contributed by atoms with E-state index < -0.39 is 0 Å². The van der Waals surface area contributed by atoms with E-state index in [-0.39, 0.29) is 0 Å². The van der Waals surface area contributed by atoms with Crippen LogP contribution in [0.4, 0.5) is 0 Å². The fourth-order valence-corrected chi connectivity index (χ4v) is 3.42. The summed E-state index contributed by atoms with van der Waals surface area (Å²) in [7, 11) is 2.16. The minimum absolute atomic E-state index is 0.738. The Hall–Kier alpha value is -0.0800. The molecule has 0 aromatic carbocycles. The smallest absolute Gasteiger partial charge is 0.0220 e. The fourth-order valence-electron chi connectivity index (χ4n) is 3.42. The van der Waals surface area contributed by atoms with Crippen molar-refractivity contribution in [3.05, 3.63) is 0 Å². The SMILES string of the molecule is CCCN(CC(NC)C1CCCCC1)C1CC1. The highest BCUT2D eigenvalue weighted by Crippen LogP contribution is 2.30. The van der Waals surface area contributed by atoms with Gasteiger partial charge in [-0.25, -0.2) is 0 Å². The van der Waals surface area contributed by atoms with Crippen molar-refractivity contribution in [2.45, 2.75) is 70.4 Å². The van der Waals surface area contributed by atoms with Crippen LogP contribution in [0.25, 0.3) is 0 Å². The molecule has 0 saturated heterocycles. The number of hydrogen-bond acceptors (Lipinski definition) is 2. The van der Waals surface area contributed by atoms with E-state index in [1.807, 2.05) is 0 Å². The van der Waals surface area contributed by atoms with Gasteiger partial charge in [0.25, 0.3) is 0 Å². The van der Waals surface area contributed by atoms with Crippen molar-refractivity contribution >= 4 is 0 Å². The fraction of sp³-hybridized carbons (Fsp3) is 1.00. The van der Waals surface area contributed by atoms with Gasteiger partial charge in [0.05, 0.1) is 0 Å². The van der Waals surface area contributed by atoms with Crippen LogP contribution in [0.15, 0.2) is 0 Å². The number of rotatable bonds is 7. The van der Waals surface area contributed by atoms with Crippen molar-refractivity contribution in [1.82, 2.24) is 10.2 Å². The Balaban J connectivity index is 1.83. The molecular weight excluding hydrogens is 208 g/mol. The molecule has 1 N–H and O–H groups in total.